The summed E-state index contributed by atoms with van der Waals surface area (Å²) >= 11 is 3.34. The molecule has 18 heavy (non-hydrogen) atoms. The van der Waals surface area contributed by atoms with Crippen LogP contribution in [-0.2, 0) is 6.61 Å². The van der Waals surface area contributed by atoms with E-state index in [1.807, 2.05) is 24.3 Å². The first-order chi connectivity index (χ1) is 8.69. The zero-order valence-corrected chi connectivity index (χ0v) is 11.0. The van der Waals surface area contributed by atoms with Gasteiger partial charge in [-0.05, 0) is 42.5 Å². The normalized spacial score (nSPS) is 11.0. The molecule has 0 fully saturated rings. The van der Waals surface area contributed by atoms with E-state index in [9.17, 15) is 5.11 Å². The standard InChI is InChI=1S/C13H11BrN2O2/c14-10-1-3-11(4-2-10)15-16-12-5-6-13(18)9(7-12)8-17/h1-7,17-18H,8H2. The van der Waals surface area contributed by atoms with Crippen LogP contribution in [0.3, 0.4) is 0 Å². The largest absolute Gasteiger partial charge is 0.508 e. The van der Waals surface area contributed by atoms with Gasteiger partial charge >= 0.3 is 0 Å². The molecule has 0 aliphatic rings. The van der Waals surface area contributed by atoms with Crippen LogP contribution >= 0.6 is 15.9 Å². The molecule has 2 rings (SSSR count). The highest BCUT2D eigenvalue weighted by molar-refractivity contribution is 9.10. The maximum absolute atomic E-state index is 9.41. The molecule has 0 bridgehead atoms. The number of aromatic hydroxyl groups is 1. The molecule has 0 aromatic heterocycles. The van der Waals surface area contributed by atoms with Crippen LogP contribution in [0.4, 0.5) is 11.4 Å². The summed E-state index contributed by atoms with van der Waals surface area (Å²) in [6.45, 7) is -0.229. The molecule has 0 spiro atoms. The lowest BCUT2D eigenvalue weighted by atomic mass is 10.2. The summed E-state index contributed by atoms with van der Waals surface area (Å²) in [5.41, 5.74) is 1.75. The van der Waals surface area contributed by atoms with Crippen LogP contribution in [0.5, 0.6) is 5.75 Å². The van der Waals surface area contributed by atoms with Gasteiger partial charge in [0, 0.05) is 10.0 Å². The van der Waals surface area contributed by atoms with Crippen molar-refractivity contribution in [3.8, 4) is 5.75 Å². The Morgan fingerprint density at radius 2 is 1.56 bits per heavy atom. The minimum Gasteiger partial charge on any atom is -0.508 e. The van der Waals surface area contributed by atoms with Crippen molar-refractivity contribution in [2.45, 2.75) is 6.61 Å². The zero-order chi connectivity index (χ0) is 13.0. The van der Waals surface area contributed by atoms with E-state index in [4.69, 9.17) is 5.11 Å². The minimum atomic E-state index is -0.229. The molecule has 92 valence electrons. The predicted octanol–water partition coefficient (Wildman–Crippen LogP) is 4.06. The first-order valence-electron chi connectivity index (χ1n) is 5.29. The first-order valence-corrected chi connectivity index (χ1v) is 6.08. The van der Waals surface area contributed by atoms with E-state index in [2.05, 4.69) is 26.2 Å². The van der Waals surface area contributed by atoms with Gasteiger partial charge in [0.2, 0.25) is 0 Å². The fourth-order valence-electron chi connectivity index (χ4n) is 1.38. The van der Waals surface area contributed by atoms with Crippen LogP contribution in [0.1, 0.15) is 5.56 Å². The van der Waals surface area contributed by atoms with E-state index >= 15 is 0 Å². The van der Waals surface area contributed by atoms with Gasteiger partial charge in [0.1, 0.15) is 5.75 Å². The third-order valence-corrected chi connectivity index (χ3v) is 2.87. The number of phenols is 1. The van der Waals surface area contributed by atoms with Crippen LogP contribution in [0.15, 0.2) is 57.2 Å². The first kappa shape index (κ1) is 12.7. The maximum Gasteiger partial charge on any atom is 0.121 e. The minimum absolute atomic E-state index is 0.0556. The summed E-state index contributed by atoms with van der Waals surface area (Å²) in [4.78, 5) is 0. The number of halogens is 1. The lowest BCUT2D eigenvalue weighted by Gasteiger charge is -2.01. The molecule has 0 heterocycles. The predicted molar refractivity (Wildman–Crippen MR) is 72.3 cm³/mol. The van der Waals surface area contributed by atoms with Gasteiger partial charge in [-0.25, -0.2) is 0 Å². The van der Waals surface area contributed by atoms with Crippen molar-refractivity contribution in [1.82, 2.24) is 0 Å². The van der Waals surface area contributed by atoms with Gasteiger partial charge in [-0.15, -0.1) is 0 Å². The van der Waals surface area contributed by atoms with Gasteiger partial charge < -0.3 is 10.2 Å². The topological polar surface area (TPSA) is 65.2 Å². The van der Waals surface area contributed by atoms with Crippen molar-refractivity contribution in [3.05, 3.63) is 52.5 Å². The molecule has 4 nitrogen and oxygen atoms in total. The Hall–Kier alpha value is -1.72. The van der Waals surface area contributed by atoms with E-state index in [0.717, 1.165) is 10.2 Å². The molecule has 0 saturated heterocycles. The number of hydrogen-bond acceptors (Lipinski definition) is 4. The summed E-state index contributed by atoms with van der Waals surface area (Å²) in [5.74, 6) is 0.0556. The third-order valence-electron chi connectivity index (χ3n) is 2.34. The lowest BCUT2D eigenvalue weighted by molar-refractivity contribution is 0.275. The number of aliphatic hydroxyl groups is 1. The SMILES string of the molecule is OCc1cc(N=Nc2ccc(Br)cc2)ccc1O. The van der Waals surface area contributed by atoms with Gasteiger partial charge in [-0.3, -0.25) is 0 Å². The van der Waals surface area contributed by atoms with Crippen molar-refractivity contribution in [3.63, 3.8) is 0 Å². The monoisotopic (exact) mass is 306 g/mol. The van der Waals surface area contributed by atoms with Gasteiger partial charge in [-0.1, -0.05) is 15.9 Å². The molecule has 0 unspecified atom stereocenters. The van der Waals surface area contributed by atoms with Crippen molar-refractivity contribution >= 4 is 27.3 Å². The number of benzene rings is 2. The van der Waals surface area contributed by atoms with Crippen molar-refractivity contribution in [2.75, 3.05) is 0 Å². The number of nitrogens with zero attached hydrogens (tertiary/aromatic N) is 2. The zero-order valence-electron chi connectivity index (χ0n) is 9.42. The molecular weight excluding hydrogens is 296 g/mol. The third kappa shape index (κ3) is 3.15. The van der Waals surface area contributed by atoms with Gasteiger partial charge in [0.25, 0.3) is 0 Å². The number of azo groups is 1. The highest BCUT2D eigenvalue weighted by Gasteiger charge is 2.00. The number of rotatable bonds is 3. The highest BCUT2D eigenvalue weighted by Crippen LogP contribution is 2.25. The molecule has 0 amide bonds. The molecule has 2 aromatic rings. The Morgan fingerprint density at radius 3 is 2.22 bits per heavy atom. The molecule has 0 aliphatic heterocycles. The second kappa shape index (κ2) is 5.75. The Bertz CT molecular complexity index is 568. The fraction of sp³-hybridized carbons (Fsp3) is 0.0769. The summed E-state index contributed by atoms with van der Waals surface area (Å²) < 4.78 is 0.980. The summed E-state index contributed by atoms with van der Waals surface area (Å²) in [7, 11) is 0. The summed E-state index contributed by atoms with van der Waals surface area (Å²) in [6.07, 6.45) is 0. The quantitative estimate of drug-likeness (QED) is 0.840. The summed E-state index contributed by atoms with van der Waals surface area (Å²) in [6, 6.07) is 12.1. The highest BCUT2D eigenvalue weighted by atomic mass is 79.9. The van der Waals surface area contributed by atoms with Crippen LogP contribution in [0.2, 0.25) is 0 Å². The summed E-state index contributed by atoms with van der Waals surface area (Å²) in [5, 5.41) is 26.5. The van der Waals surface area contributed by atoms with Crippen molar-refractivity contribution in [2.24, 2.45) is 10.2 Å². The van der Waals surface area contributed by atoms with Gasteiger partial charge in [0.05, 0.1) is 18.0 Å². The van der Waals surface area contributed by atoms with E-state index in [1.54, 1.807) is 12.1 Å². The molecule has 0 aliphatic carbocycles. The van der Waals surface area contributed by atoms with Gasteiger partial charge in [0.15, 0.2) is 0 Å². The average molecular weight is 307 g/mol. The molecule has 0 atom stereocenters. The molecule has 2 N–H and O–H groups in total. The van der Waals surface area contributed by atoms with Crippen molar-refractivity contribution in [1.29, 1.82) is 0 Å². The number of aliphatic hydroxyl groups excluding tert-OH is 1. The van der Waals surface area contributed by atoms with E-state index in [1.165, 1.54) is 6.07 Å². The van der Waals surface area contributed by atoms with Crippen LogP contribution in [0.25, 0.3) is 0 Å². The maximum atomic E-state index is 9.41. The Balaban J connectivity index is 2.20. The van der Waals surface area contributed by atoms with Crippen molar-refractivity contribution < 1.29 is 10.2 Å². The van der Waals surface area contributed by atoms with E-state index in [-0.39, 0.29) is 12.4 Å². The Morgan fingerprint density at radius 1 is 0.944 bits per heavy atom. The second-order valence-electron chi connectivity index (χ2n) is 3.65. The molecule has 5 heteroatoms. The molecule has 0 radical (unpaired) electrons. The van der Waals surface area contributed by atoms with E-state index < -0.39 is 0 Å². The smallest absolute Gasteiger partial charge is 0.121 e. The Labute approximate surface area is 113 Å². The second-order valence-corrected chi connectivity index (χ2v) is 4.56. The van der Waals surface area contributed by atoms with Crippen LogP contribution in [0, 0.1) is 0 Å². The Kier molecular flexibility index (Phi) is 4.07. The van der Waals surface area contributed by atoms with E-state index in [0.29, 0.717) is 11.3 Å². The van der Waals surface area contributed by atoms with Crippen LogP contribution < -0.4 is 0 Å². The number of hydrogen-bond donors (Lipinski definition) is 2. The van der Waals surface area contributed by atoms with Crippen LogP contribution in [-0.4, -0.2) is 10.2 Å². The fourth-order valence-corrected chi connectivity index (χ4v) is 1.65. The van der Waals surface area contributed by atoms with Gasteiger partial charge in [-0.2, -0.15) is 10.2 Å². The lowest BCUT2D eigenvalue weighted by Crippen LogP contribution is -1.82. The average Bonchev–Trinajstić information content (AvgIpc) is 2.39. The molecular formula is C13H11BrN2O2. The molecule has 2 aromatic carbocycles. The molecule has 0 saturated carbocycles.